The Balaban J connectivity index is 2.33. The van der Waals surface area contributed by atoms with Crippen molar-refractivity contribution in [2.24, 2.45) is 5.92 Å². The fraction of sp³-hybridized carbons (Fsp3) is 0.778. The predicted octanol–water partition coefficient (Wildman–Crippen LogP) is 0.893. The minimum atomic E-state index is -0.314. The number of ether oxygens (including phenoxy) is 2. The van der Waals surface area contributed by atoms with Gasteiger partial charge in [0.1, 0.15) is 0 Å². The molecule has 1 atom stereocenters. The number of cyclic esters (lactones) is 1. The van der Waals surface area contributed by atoms with Crippen LogP contribution in [0, 0.1) is 5.92 Å². The van der Waals surface area contributed by atoms with Crippen molar-refractivity contribution >= 4 is 11.9 Å². The van der Waals surface area contributed by atoms with Crippen LogP contribution in [-0.2, 0) is 19.1 Å². The monoisotopic (exact) mass is 186 g/mol. The average molecular weight is 186 g/mol. The number of hydrogen-bond acceptors (Lipinski definition) is 4. The van der Waals surface area contributed by atoms with Crippen LogP contribution in [0.5, 0.6) is 0 Å². The van der Waals surface area contributed by atoms with E-state index >= 15 is 0 Å². The van der Waals surface area contributed by atoms with Crippen LogP contribution in [0.2, 0.25) is 0 Å². The van der Waals surface area contributed by atoms with Crippen LogP contribution in [0.3, 0.4) is 0 Å². The van der Waals surface area contributed by atoms with Crippen LogP contribution >= 0.6 is 0 Å². The molecular weight excluding hydrogens is 172 g/mol. The Morgan fingerprint density at radius 1 is 1.69 bits per heavy atom. The first-order valence-electron chi connectivity index (χ1n) is 4.56. The van der Waals surface area contributed by atoms with E-state index in [0.717, 1.165) is 12.8 Å². The molecule has 4 heteroatoms. The lowest BCUT2D eigenvalue weighted by molar-refractivity contribution is -0.158. The van der Waals surface area contributed by atoms with Gasteiger partial charge in [-0.15, -0.1) is 0 Å². The predicted molar refractivity (Wildman–Crippen MR) is 44.9 cm³/mol. The van der Waals surface area contributed by atoms with E-state index in [1.54, 1.807) is 6.92 Å². The van der Waals surface area contributed by atoms with Gasteiger partial charge in [-0.3, -0.25) is 9.59 Å². The summed E-state index contributed by atoms with van der Waals surface area (Å²) in [7, 11) is 0. The third kappa shape index (κ3) is 3.05. The second kappa shape index (κ2) is 4.84. The van der Waals surface area contributed by atoms with Gasteiger partial charge in [0.05, 0.1) is 25.6 Å². The van der Waals surface area contributed by atoms with Gasteiger partial charge >= 0.3 is 11.9 Å². The van der Waals surface area contributed by atoms with Crippen LogP contribution in [0.15, 0.2) is 0 Å². The summed E-state index contributed by atoms with van der Waals surface area (Å²) in [6.07, 6.45) is 1.74. The van der Waals surface area contributed by atoms with Crippen LogP contribution in [0.4, 0.5) is 0 Å². The summed E-state index contributed by atoms with van der Waals surface area (Å²) in [6, 6.07) is 0. The standard InChI is InChI=1S/C9H14O4/c1-2-12-8(10)6-7-4-3-5-13-9(7)11/h7H,2-6H2,1H3. The molecule has 0 amide bonds. The lowest BCUT2D eigenvalue weighted by Crippen LogP contribution is -2.26. The van der Waals surface area contributed by atoms with E-state index in [-0.39, 0.29) is 24.3 Å². The lowest BCUT2D eigenvalue weighted by atomic mass is 9.98. The smallest absolute Gasteiger partial charge is 0.309 e. The molecule has 1 rings (SSSR count). The first-order chi connectivity index (χ1) is 6.24. The maximum absolute atomic E-state index is 11.1. The molecule has 0 N–H and O–H groups in total. The minimum Gasteiger partial charge on any atom is -0.466 e. The molecule has 1 saturated heterocycles. The largest absolute Gasteiger partial charge is 0.466 e. The molecule has 0 aromatic heterocycles. The van der Waals surface area contributed by atoms with Crippen LogP contribution in [0.25, 0.3) is 0 Å². The van der Waals surface area contributed by atoms with Crippen LogP contribution in [-0.4, -0.2) is 25.2 Å². The summed E-state index contributed by atoms with van der Waals surface area (Å²) in [5.74, 6) is -0.863. The Bertz CT molecular complexity index is 200. The zero-order valence-corrected chi connectivity index (χ0v) is 7.75. The number of carbonyl (C=O) groups excluding carboxylic acids is 2. The van der Waals surface area contributed by atoms with Crippen molar-refractivity contribution in [2.45, 2.75) is 26.2 Å². The maximum Gasteiger partial charge on any atom is 0.309 e. The fourth-order valence-electron chi connectivity index (χ4n) is 1.34. The Morgan fingerprint density at radius 3 is 3.08 bits per heavy atom. The normalized spacial score (nSPS) is 22.2. The fourth-order valence-corrected chi connectivity index (χ4v) is 1.34. The summed E-state index contributed by atoms with van der Waals surface area (Å²) in [5, 5.41) is 0. The molecule has 1 aliphatic rings. The van der Waals surface area contributed by atoms with Crippen molar-refractivity contribution in [3.63, 3.8) is 0 Å². The minimum absolute atomic E-state index is 0.159. The Morgan fingerprint density at radius 2 is 2.46 bits per heavy atom. The molecule has 1 unspecified atom stereocenters. The number of hydrogen-bond donors (Lipinski definition) is 0. The maximum atomic E-state index is 11.1. The molecular formula is C9H14O4. The summed E-state index contributed by atoms with van der Waals surface area (Å²) < 4.78 is 9.57. The molecule has 1 aliphatic heterocycles. The highest BCUT2D eigenvalue weighted by Crippen LogP contribution is 2.18. The van der Waals surface area contributed by atoms with Crippen LogP contribution in [0.1, 0.15) is 26.2 Å². The van der Waals surface area contributed by atoms with E-state index in [2.05, 4.69) is 0 Å². The molecule has 0 radical (unpaired) electrons. The zero-order chi connectivity index (χ0) is 9.68. The van der Waals surface area contributed by atoms with Crippen molar-refractivity contribution < 1.29 is 19.1 Å². The van der Waals surface area contributed by atoms with E-state index in [9.17, 15) is 9.59 Å². The molecule has 4 nitrogen and oxygen atoms in total. The van der Waals surface area contributed by atoms with E-state index in [1.807, 2.05) is 0 Å². The van der Waals surface area contributed by atoms with Gasteiger partial charge in [0.15, 0.2) is 0 Å². The first kappa shape index (κ1) is 10.0. The molecule has 74 valence electrons. The molecule has 0 spiro atoms. The number of rotatable bonds is 3. The van der Waals surface area contributed by atoms with Gasteiger partial charge in [-0.05, 0) is 19.8 Å². The highest BCUT2D eigenvalue weighted by molar-refractivity contribution is 5.80. The zero-order valence-electron chi connectivity index (χ0n) is 7.75. The lowest BCUT2D eigenvalue weighted by Gasteiger charge is -2.19. The average Bonchev–Trinajstić information content (AvgIpc) is 2.09. The first-order valence-corrected chi connectivity index (χ1v) is 4.56. The van der Waals surface area contributed by atoms with Gasteiger partial charge in [0.25, 0.3) is 0 Å². The van der Waals surface area contributed by atoms with Gasteiger partial charge < -0.3 is 9.47 Å². The molecule has 1 fully saturated rings. The molecule has 0 aliphatic carbocycles. The van der Waals surface area contributed by atoms with E-state index in [0.29, 0.717) is 13.2 Å². The number of esters is 2. The third-order valence-corrected chi connectivity index (χ3v) is 1.99. The molecule has 0 bridgehead atoms. The van der Waals surface area contributed by atoms with Crippen molar-refractivity contribution in [3.05, 3.63) is 0 Å². The van der Waals surface area contributed by atoms with Gasteiger partial charge in [0, 0.05) is 0 Å². The summed E-state index contributed by atoms with van der Waals surface area (Å²) in [4.78, 5) is 22.1. The SMILES string of the molecule is CCOC(=O)CC1CCCOC1=O. The Hall–Kier alpha value is -1.06. The van der Waals surface area contributed by atoms with E-state index in [4.69, 9.17) is 9.47 Å². The topological polar surface area (TPSA) is 52.6 Å². The molecule has 13 heavy (non-hydrogen) atoms. The second-order valence-corrected chi connectivity index (χ2v) is 3.02. The van der Waals surface area contributed by atoms with Crippen molar-refractivity contribution in [3.8, 4) is 0 Å². The van der Waals surface area contributed by atoms with E-state index < -0.39 is 0 Å². The molecule has 1 heterocycles. The highest BCUT2D eigenvalue weighted by Gasteiger charge is 2.26. The van der Waals surface area contributed by atoms with Gasteiger partial charge in [-0.1, -0.05) is 0 Å². The molecule has 0 aromatic carbocycles. The second-order valence-electron chi connectivity index (χ2n) is 3.02. The van der Waals surface area contributed by atoms with Gasteiger partial charge in [-0.25, -0.2) is 0 Å². The Kier molecular flexibility index (Phi) is 3.73. The number of carbonyl (C=O) groups is 2. The summed E-state index contributed by atoms with van der Waals surface area (Å²) in [5.41, 5.74) is 0. The van der Waals surface area contributed by atoms with Crippen LogP contribution < -0.4 is 0 Å². The molecule has 0 aromatic rings. The quantitative estimate of drug-likeness (QED) is 0.614. The van der Waals surface area contributed by atoms with Gasteiger partial charge in [0.2, 0.25) is 0 Å². The van der Waals surface area contributed by atoms with Crippen molar-refractivity contribution in [1.82, 2.24) is 0 Å². The Labute approximate surface area is 77.2 Å². The molecule has 0 saturated carbocycles. The van der Waals surface area contributed by atoms with Gasteiger partial charge in [-0.2, -0.15) is 0 Å². The highest BCUT2D eigenvalue weighted by atomic mass is 16.5. The third-order valence-electron chi connectivity index (χ3n) is 1.99. The summed E-state index contributed by atoms with van der Waals surface area (Å²) >= 11 is 0. The summed E-state index contributed by atoms with van der Waals surface area (Å²) in [6.45, 7) is 2.59. The van der Waals surface area contributed by atoms with Crippen molar-refractivity contribution in [2.75, 3.05) is 13.2 Å². The van der Waals surface area contributed by atoms with E-state index in [1.165, 1.54) is 0 Å². The van der Waals surface area contributed by atoms with Crippen molar-refractivity contribution in [1.29, 1.82) is 0 Å².